The third kappa shape index (κ3) is 10.5. The minimum Gasteiger partial charge on any atom is -0.389 e. The van der Waals surface area contributed by atoms with Crippen molar-refractivity contribution in [2.24, 2.45) is 5.92 Å². The van der Waals surface area contributed by atoms with Gasteiger partial charge in [0.1, 0.15) is 0 Å². The SMILES string of the molecule is CCNC(=O)CNCC(O)COC(C)CC(C)C. The van der Waals surface area contributed by atoms with Crippen LogP contribution in [0.1, 0.15) is 34.1 Å². The van der Waals surface area contributed by atoms with Crippen LogP contribution < -0.4 is 10.6 Å². The lowest BCUT2D eigenvalue weighted by Gasteiger charge is -2.18. The standard InChI is InChI=1S/C13H28N2O3/c1-5-15-13(17)8-14-7-12(16)9-18-11(4)6-10(2)3/h10-12,14,16H,5-9H2,1-4H3,(H,15,17). The highest BCUT2D eigenvalue weighted by atomic mass is 16.5. The Labute approximate surface area is 110 Å². The number of likely N-dealkylation sites (N-methyl/N-ethyl adjacent to an activating group) is 1. The van der Waals surface area contributed by atoms with Crippen molar-refractivity contribution in [3.63, 3.8) is 0 Å². The summed E-state index contributed by atoms with van der Waals surface area (Å²) in [5.74, 6) is 0.534. The summed E-state index contributed by atoms with van der Waals surface area (Å²) >= 11 is 0. The van der Waals surface area contributed by atoms with Crippen LogP contribution in [0.4, 0.5) is 0 Å². The zero-order chi connectivity index (χ0) is 14.0. The number of ether oxygens (including phenoxy) is 1. The minimum atomic E-state index is -0.575. The first-order valence-corrected chi connectivity index (χ1v) is 6.72. The van der Waals surface area contributed by atoms with Gasteiger partial charge in [-0.05, 0) is 26.2 Å². The lowest BCUT2D eigenvalue weighted by Crippen LogP contribution is -2.38. The number of hydrogen-bond acceptors (Lipinski definition) is 4. The van der Waals surface area contributed by atoms with E-state index in [-0.39, 0.29) is 18.6 Å². The van der Waals surface area contributed by atoms with Gasteiger partial charge < -0.3 is 20.5 Å². The van der Waals surface area contributed by atoms with Crippen LogP contribution in [-0.4, -0.2) is 49.5 Å². The fraction of sp³-hybridized carbons (Fsp3) is 0.923. The van der Waals surface area contributed by atoms with Crippen molar-refractivity contribution in [1.29, 1.82) is 0 Å². The molecule has 108 valence electrons. The Morgan fingerprint density at radius 3 is 2.56 bits per heavy atom. The van der Waals surface area contributed by atoms with E-state index in [0.29, 0.717) is 25.6 Å². The van der Waals surface area contributed by atoms with E-state index in [2.05, 4.69) is 24.5 Å². The third-order valence-corrected chi connectivity index (χ3v) is 2.42. The molecule has 0 aliphatic heterocycles. The van der Waals surface area contributed by atoms with Gasteiger partial charge >= 0.3 is 0 Å². The average Bonchev–Trinajstić information content (AvgIpc) is 2.26. The van der Waals surface area contributed by atoms with Crippen molar-refractivity contribution < 1.29 is 14.6 Å². The Hall–Kier alpha value is -0.650. The molecular formula is C13H28N2O3. The number of nitrogens with one attached hydrogen (secondary N) is 2. The Morgan fingerprint density at radius 1 is 1.33 bits per heavy atom. The van der Waals surface area contributed by atoms with Crippen LogP contribution in [0.15, 0.2) is 0 Å². The number of carbonyl (C=O) groups is 1. The molecule has 5 nitrogen and oxygen atoms in total. The van der Waals surface area contributed by atoms with Crippen LogP contribution in [0.2, 0.25) is 0 Å². The van der Waals surface area contributed by atoms with E-state index >= 15 is 0 Å². The predicted molar refractivity (Wildman–Crippen MR) is 72.4 cm³/mol. The van der Waals surface area contributed by atoms with Crippen LogP contribution >= 0.6 is 0 Å². The summed E-state index contributed by atoms with van der Waals surface area (Å²) in [4.78, 5) is 11.1. The van der Waals surface area contributed by atoms with Gasteiger partial charge in [0.2, 0.25) is 5.91 Å². The van der Waals surface area contributed by atoms with Crippen LogP contribution in [0.25, 0.3) is 0 Å². The smallest absolute Gasteiger partial charge is 0.233 e. The lowest BCUT2D eigenvalue weighted by molar-refractivity contribution is -0.120. The molecule has 0 heterocycles. The van der Waals surface area contributed by atoms with Gasteiger partial charge in [-0.3, -0.25) is 4.79 Å². The van der Waals surface area contributed by atoms with Crippen LogP contribution in [0.3, 0.4) is 0 Å². The van der Waals surface area contributed by atoms with Crippen molar-refractivity contribution in [3.8, 4) is 0 Å². The van der Waals surface area contributed by atoms with E-state index in [0.717, 1.165) is 6.42 Å². The summed E-state index contributed by atoms with van der Waals surface area (Å²) in [5.41, 5.74) is 0. The third-order valence-electron chi connectivity index (χ3n) is 2.42. The number of aliphatic hydroxyl groups is 1. The predicted octanol–water partition coefficient (Wildman–Crippen LogP) is 0.524. The van der Waals surface area contributed by atoms with Crippen LogP contribution in [0.5, 0.6) is 0 Å². The molecule has 2 unspecified atom stereocenters. The van der Waals surface area contributed by atoms with Crippen molar-refractivity contribution in [3.05, 3.63) is 0 Å². The second-order valence-electron chi connectivity index (χ2n) is 5.01. The molecule has 0 radical (unpaired) electrons. The average molecular weight is 260 g/mol. The monoisotopic (exact) mass is 260 g/mol. The van der Waals surface area contributed by atoms with Gasteiger partial charge in [0.25, 0.3) is 0 Å². The summed E-state index contributed by atoms with van der Waals surface area (Å²) in [7, 11) is 0. The molecule has 0 rings (SSSR count). The molecule has 0 bridgehead atoms. The lowest BCUT2D eigenvalue weighted by atomic mass is 10.1. The molecule has 0 saturated heterocycles. The molecule has 0 aliphatic carbocycles. The van der Waals surface area contributed by atoms with Crippen LogP contribution in [0, 0.1) is 5.92 Å². The summed E-state index contributed by atoms with van der Waals surface area (Å²) in [6.07, 6.45) is 0.566. The summed E-state index contributed by atoms with van der Waals surface area (Å²) in [6, 6.07) is 0. The fourth-order valence-electron chi connectivity index (χ4n) is 1.68. The number of rotatable bonds is 10. The normalized spacial score (nSPS) is 14.6. The Kier molecular flexibility index (Phi) is 9.92. The number of amides is 1. The van der Waals surface area contributed by atoms with E-state index in [1.54, 1.807) is 0 Å². The number of hydrogen-bond donors (Lipinski definition) is 3. The first-order valence-electron chi connectivity index (χ1n) is 6.72. The molecular weight excluding hydrogens is 232 g/mol. The molecule has 0 aromatic rings. The van der Waals surface area contributed by atoms with Gasteiger partial charge in [-0.25, -0.2) is 0 Å². The number of carbonyl (C=O) groups excluding carboxylic acids is 1. The molecule has 2 atom stereocenters. The minimum absolute atomic E-state index is 0.0567. The maximum absolute atomic E-state index is 11.1. The van der Waals surface area contributed by atoms with Gasteiger partial charge in [0.05, 0.1) is 25.4 Å². The molecule has 0 aromatic heterocycles. The van der Waals surface area contributed by atoms with E-state index in [4.69, 9.17) is 4.74 Å². The maximum Gasteiger partial charge on any atom is 0.233 e. The van der Waals surface area contributed by atoms with Gasteiger partial charge in [-0.2, -0.15) is 0 Å². The quantitative estimate of drug-likeness (QED) is 0.536. The second kappa shape index (κ2) is 10.3. The zero-order valence-electron chi connectivity index (χ0n) is 12.0. The van der Waals surface area contributed by atoms with E-state index in [1.165, 1.54) is 0 Å². The van der Waals surface area contributed by atoms with Gasteiger partial charge in [-0.1, -0.05) is 13.8 Å². The Balaban J connectivity index is 3.53. The fourth-order valence-corrected chi connectivity index (χ4v) is 1.68. The summed E-state index contributed by atoms with van der Waals surface area (Å²) in [6.45, 7) is 9.69. The molecule has 18 heavy (non-hydrogen) atoms. The van der Waals surface area contributed by atoms with Gasteiger partial charge in [-0.15, -0.1) is 0 Å². The highest BCUT2D eigenvalue weighted by Gasteiger charge is 2.10. The molecule has 0 aromatic carbocycles. The highest BCUT2D eigenvalue weighted by Crippen LogP contribution is 2.07. The van der Waals surface area contributed by atoms with Crippen molar-refractivity contribution in [1.82, 2.24) is 10.6 Å². The van der Waals surface area contributed by atoms with Crippen LogP contribution in [-0.2, 0) is 9.53 Å². The zero-order valence-corrected chi connectivity index (χ0v) is 12.0. The molecule has 1 amide bonds. The number of aliphatic hydroxyl groups excluding tert-OH is 1. The molecule has 0 spiro atoms. The Bertz CT molecular complexity index is 222. The van der Waals surface area contributed by atoms with E-state index in [9.17, 15) is 9.90 Å². The van der Waals surface area contributed by atoms with E-state index in [1.807, 2.05) is 13.8 Å². The Morgan fingerprint density at radius 2 is 2.00 bits per heavy atom. The second-order valence-corrected chi connectivity index (χ2v) is 5.01. The van der Waals surface area contributed by atoms with Crippen molar-refractivity contribution in [2.75, 3.05) is 26.2 Å². The van der Waals surface area contributed by atoms with Gasteiger partial charge in [0, 0.05) is 13.1 Å². The van der Waals surface area contributed by atoms with E-state index < -0.39 is 6.10 Å². The maximum atomic E-state index is 11.1. The first-order chi connectivity index (χ1) is 8.45. The molecule has 0 aliphatic rings. The molecule has 3 N–H and O–H groups in total. The molecule has 0 fully saturated rings. The largest absolute Gasteiger partial charge is 0.389 e. The highest BCUT2D eigenvalue weighted by molar-refractivity contribution is 5.77. The van der Waals surface area contributed by atoms with Gasteiger partial charge in [0.15, 0.2) is 0 Å². The summed E-state index contributed by atoms with van der Waals surface area (Å²) < 4.78 is 5.53. The first kappa shape index (κ1) is 17.4. The van der Waals surface area contributed by atoms with Crippen molar-refractivity contribution in [2.45, 2.75) is 46.3 Å². The summed E-state index contributed by atoms with van der Waals surface area (Å²) in [5, 5.41) is 15.2. The molecule has 5 heteroatoms. The molecule has 0 saturated carbocycles. The van der Waals surface area contributed by atoms with Crippen molar-refractivity contribution >= 4 is 5.91 Å². The topological polar surface area (TPSA) is 70.6 Å².